The van der Waals surface area contributed by atoms with Gasteiger partial charge < -0.3 is 13.9 Å². The summed E-state index contributed by atoms with van der Waals surface area (Å²) in [6, 6.07) is 11.7. The minimum atomic E-state index is -0.420. The average Bonchev–Trinajstić information content (AvgIpc) is 3.11. The van der Waals surface area contributed by atoms with E-state index < -0.39 is 5.97 Å². The van der Waals surface area contributed by atoms with E-state index in [2.05, 4.69) is 9.80 Å². The summed E-state index contributed by atoms with van der Waals surface area (Å²) in [5.41, 5.74) is 0.882. The van der Waals surface area contributed by atoms with Crippen LogP contribution in [0, 0.1) is 0 Å². The van der Waals surface area contributed by atoms with Gasteiger partial charge in [0.2, 0.25) is 5.76 Å². The first-order chi connectivity index (χ1) is 12.3. The van der Waals surface area contributed by atoms with Crippen LogP contribution in [-0.2, 0) is 11.3 Å². The molecule has 1 aliphatic heterocycles. The Morgan fingerprint density at radius 2 is 1.80 bits per heavy atom. The van der Waals surface area contributed by atoms with Crippen molar-refractivity contribution < 1.29 is 18.7 Å². The number of methoxy groups -OCH3 is 1. The molecule has 0 saturated carbocycles. The van der Waals surface area contributed by atoms with Crippen LogP contribution < -0.4 is 4.74 Å². The fourth-order valence-electron chi connectivity index (χ4n) is 2.95. The van der Waals surface area contributed by atoms with Crippen molar-refractivity contribution in [3.05, 3.63) is 54.0 Å². The number of esters is 1. The maximum absolute atomic E-state index is 11.7. The summed E-state index contributed by atoms with van der Waals surface area (Å²) in [6.07, 6.45) is 1.54. The van der Waals surface area contributed by atoms with Crippen LogP contribution >= 0.6 is 0 Å². The number of nitrogens with zero attached hydrogens (tertiary/aromatic N) is 2. The number of furan rings is 1. The first-order valence-corrected chi connectivity index (χ1v) is 8.53. The highest BCUT2D eigenvalue weighted by atomic mass is 16.5. The number of para-hydroxylation sites is 1. The summed E-state index contributed by atoms with van der Waals surface area (Å²) in [6.45, 7) is 6.21. The van der Waals surface area contributed by atoms with E-state index in [1.54, 1.807) is 6.26 Å². The molecule has 1 aromatic heterocycles. The van der Waals surface area contributed by atoms with Crippen LogP contribution in [0.1, 0.15) is 16.1 Å². The summed E-state index contributed by atoms with van der Waals surface area (Å²) in [7, 11) is 1.37. The van der Waals surface area contributed by atoms with E-state index in [4.69, 9.17) is 13.9 Å². The third kappa shape index (κ3) is 4.84. The van der Waals surface area contributed by atoms with Crippen LogP contribution in [-0.4, -0.2) is 62.2 Å². The second-order valence-corrected chi connectivity index (χ2v) is 6.05. The zero-order valence-electron chi connectivity index (χ0n) is 14.5. The molecule has 1 saturated heterocycles. The summed E-state index contributed by atoms with van der Waals surface area (Å²) < 4.78 is 15.8. The van der Waals surface area contributed by atoms with E-state index in [1.165, 1.54) is 7.11 Å². The van der Waals surface area contributed by atoms with Gasteiger partial charge in [0.15, 0.2) is 0 Å². The van der Waals surface area contributed by atoms with Crippen LogP contribution in [0.15, 0.2) is 47.1 Å². The van der Waals surface area contributed by atoms with Gasteiger partial charge in [0.05, 0.1) is 13.4 Å². The van der Waals surface area contributed by atoms with Crippen LogP contribution in [0.4, 0.5) is 0 Å². The Morgan fingerprint density at radius 3 is 2.52 bits per heavy atom. The lowest BCUT2D eigenvalue weighted by Crippen LogP contribution is -2.47. The van der Waals surface area contributed by atoms with Crippen molar-refractivity contribution in [3.8, 4) is 5.75 Å². The van der Waals surface area contributed by atoms with E-state index in [0.29, 0.717) is 18.9 Å². The lowest BCUT2D eigenvalue weighted by molar-refractivity contribution is 0.0559. The topological polar surface area (TPSA) is 55.2 Å². The number of carbonyl (C=O) groups is 1. The molecule has 0 amide bonds. The SMILES string of the molecule is COC(=O)c1occc1CN1CCN(CCOc2ccccc2)CC1. The van der Waals surface area contributed by atoms with Crippen molar-refractivity contribution in [3.63, 3.8) is 0 Å². The van der Waals surface area contributed by atoms with Gasteiger partial charge in [-0.2, -0.15) is 0 Å². The predicted octanol–water partition coefficient (Wildman–Crippen LogP) is 2.26. The molecule has 1 aromatic carbocycles. The molecule has 2 aromatic rings. The van der Waals surface area contributed by atoms with Crippen LogP contribution in [0.3, 0.4) is 0 Å². The van der Waals surface area contributed by atoms with Gasteiger partial charge >= 0.3 is 5.97 Å². The smallest absolute Gasteiger partial charge is 0.374 e. The molecule has 2 heterocycles. The van der Waals surface area contributed by atoms with Crippen molar-refractivity contribution >= 4 is 5.97 Å². The van der Waals surface area contributed by atoms with Gasteiger partial charge in [0, 0.05) is 44.8 Å². The van der Waals surface area contributed by atoms with E-state index >= 15 is 0 Å². The summed E-state index contributed by atoms with van der Waals surface area (Å²) in [5.74, 6) is 0.800. The number of hydrogen-bond donors (Lipinski definition) is 0. The first-order valence-electron chi connectivity index (χ1n) is 8.53. The van der Waals surface area contributed by atoms with Crippen molar-refractivity contribution in [2.45, 2.75) is 6.54 Å². The molecule has 0 spiro atoms. The van der Waals surface area contributed by atoms with Crippen molar-refractivity contribution in [2.75, 3.05) is 46.4 Å². The van der Waals surface area contributed by atoms with Gasteiger partial charge in [-0.25, -0.2) is 4.79 Å². The molecule has 3 rings (SSSR count). The van der Waals surface area contributed by atoms with E-state index in [1.807, 2.05) is 36.4 Å². The Bertz CT molecular complexity index is 663. The van der Waals surface area contributed by atoms with Crippen LogP contribution in [0.5, 0.6) is 5.75 Å². The van der Waals surface area contributed by atoms with Gasteiger partial charge in [-0.15, -0.1) is 0 Å². The molecule has 0 atom stereocenters. The number of piperazine rings is 1. The maximum Gasteiger partial charge on any atom is 0.374 e. The van der Waals surface area contributed by atoms with Gasteiger partial charge in [0.25, 0.3) is 0 Å². The molecule has 0 radical (unpaired) electrons. The number of carbonyl (C=O) groups excluding carboxylic acids is 1. The quantitative estimate of drug-likeness (QED) is 0.718. The number of ether oxygens (including phenoxy) is 2. The van der Waals surface area contributed by atoms with E-state index in [-0.39, 0.29) is 0 Å². The van der Waals surface area contributed by atoms with Gasteiger partial charge in [-0.05, 0) is 18.2 Å². The minimum absolute atomic E-state index is 0.307. The van der Waals surface area contributed by atoms with Crippen molar-refractivity contribution in [1.82, 2.24) is 9.80 Å². The maximum atomic E-state index is 11.7. The molecule has 0 bridgehead atoms. The predicted molar refractivity (Wildman–Crippen MR) is 93.7 cm³/mol. The lowest BCUT2D eigenvalue weighted by atomic mass is 10.2. The molecule has 25 heavy (non-hydrogen) atoms. The monoisotopic (exact) mass is 344 g/mol. The number of rotatable bonds is 7. The lowest BCUT2D eigenvalue weighted by Gasteiger charge is -2.34. The van der Waals surface area contributed by atoms with Gasteiger partial charge in [0.1, 0.15) is 12.4 Å². The Hall–Kier alpha value is -2.31. The Kier molecular flexibility index (Phi) is 6.09. The zero-order valence-corrected chi connectivity index (χ0v) is 14.5. The van der Waals surface area contributed by atoms with Crippen molar-refractivity contribution in [1.29, 1.82) is 0 Å². The Balaban J connectivity index is 1.40. The summed E-state index contributed by atoms with van der Waals surface area (Å²) >= 11 is 0. The number of hydrogen-bond acceptors (Lipinski definition) is 6. The average molecular weight is 344 g/mol. The van der Waals surface area contributed by atoms with Gasteiger partial charge in [-0.1, -0.05) is 18.2 Å². The molecule has 1 aliphatic rings. The summed E-state index contributed by atoms with van der Waals surface area (Å²) in [5, 5.41) is 0. The first kappa shape index (κ1) is 17.5. The minimum Gasteiger partial charge on any atom is -0.492 e. The Labute approximate surface area is 147 Å². The standard InChI is InChI=1S/C19H24N2O4/c1-23-19(22)18-16(7-13-25-18)15-21-10-8-20(9-11-21)12-14-24-17-5-3-2-4-6-17/h2-7,13H,8-12,14-15H2,1H3. The number of benzene rings is 1. The highest BCUT2D eigenvalue weighted by molar-refractivity contribution is 5.87. The van der Waals surface area contributed by atoms with Crippen molar-refractivity contribution in [2.24, 2.45) is 0 Å². The molecule has 0 unspecified atom stereocenters. The third-order valence-electron chi connectivity index (χ3n) is 4.40. The molecular formula is C19H24N2O4. The second-order valence-electron chi connectivity index (χ2n) is 6.05. The molecule has 0 aliphatic carbocycles. The molecule has 6 heteroatoms. The highest BCUT2D eigenvalue weighted by Gasteiger charge is 2.21. The summed E-state index contributed by atoms with van der Waals surface area (Å²) in [4.78, 5) is 16.4. The normalized spacial score (nSPS) is 15.9. The molecule has 6 nitrogen and oxygen atoms in total. The van der Waals surface area contributed by atoms with Crippen LogP contribution in [0.2, 0.25) is 0 Å². The fourth-order valence-corrected chi connectivity index (χ4v) is 2.95. The third-order valence-corrected chi connectivity index (χ3v) is 4.40. The molecule has 1 fully saturated rings. The zero-order chi connectivity index (χ0) is 17.5. The van der Waals surface area contributed by atoms with Gasteiger partial charge in [-0.3, -0.25) is 9.80 Å². The molecule has 0 N–H and O–H groups in total. The highest BCUT2D eigenvalue weighted by Crippen LogP contribution is 2.16. The van der Waals surface area contributed by atoms with E-state index in [9.17, 15) is 4.79 Å². The second kappa shape index (κ2) is 8.69. The van der Waals surface area contributed by atoms with Crippen LogP contribution in [0.25, 0.3) is 0 Å². The molecular weight excluding hydrogens is 320 g/mol. The van der Waals surface area contributed by atoms with E-state index in [0.717, 1.165) is 44.0 Å². The molecule has 134 valence electrons. The fraction of sp³-hybridized carbons (Fsp3) is 0.421. The largest absolute Gasteiger partial charge is 0.492 e. The Morgan fingerprint density at radius 1 is 1.08 bits per heavy atom.